The molecule has 0 fully saturated rings. The molecule has 0 N–H and O–H groups in total. The van der Waals surface area contributed by atoms with Gasteiger partial charge in [0.15, 0.2) is 0 Å². The van der Waals surface area contributed by atoms with Crippen LogP contribution in [0.15, 0.2) is 84.9 Å². The van der Waals surface area contributed by atoms with Crippen molar-refractivity contribution in [2.24, 2.45) is 0 Å². The van der Waals surface area contributed by atoms with Crippen molar-refractivity contribution in [2.45, 2.75) is 32.6 Å². The van der Waals surface area contributed by atoms with E-state index in [-0.39, 0.29) is 0 Å². The minimum absolute atomic E-state index is 1.05. The van der Waals surface area contributed by atoms with E-state index >= 15 is 0 Å². The fourth-order valence-electron chi connectivity index (χ4n) is 4.81. The van der Waals surface area contributed by atoms with E-state index in [1.54, 1.807) is 0 Å². The largest absolute Gasteiger partial charge is 0.378 e. The van der Waals surface area contributed by atoms with Crippen molar-refractivity contribution in [1.29, 1.82) is 0 Å². The molecule has 0 bridgehead atoms. The minimum Gasteiger partial charge on any atom is -0.378 e. The van der Waals surface area contributed by atoms with E-state index in [0.717, 1.165) is 31.4 Å². The van der Waals surface area contributed by atoms with E-state index in [1.165, 1.54) is 50.3 Å². The summed E-state index contributed by atoms with van der Waals surface area (Å²) in [6.07, 6.45) is 6.66. The maximum absolute atomic E-state index is 5.27. The summed E-state index contributed by atoms with van der Waals surface area (Å²) in [4.78, 5) is 7.41. The number of aryl methyl sites for hydroxylation is 1. The van der Waals surface area contributed by atoms with Crippen molar-refractivity contribution < 1.29 is 0 Å². The number of aromatic nitrogens is 1. The predicted molar refractivity (Wildman–Crippen MR) is 146 cm³/mol. The monoisotopic (exact) mass is 444 g/mol. The molecule has 1 aliphatic carbocycles. The van der Waals surface area contributed by atoms with Crippen LogP contribution in [-0.2, 0) is 12.8 Å². The van der Waals surface area contributed by atoms with Crippen LogP contribution in [0.2, 0.25) is 0 Å². The fourth-order valence-corrected chi connectivity index (χ4v) is 4.81. The minimum atomic E-state index is 1.05. The zero-order valence-electron chi connectivity index (χ0n) is 20.4. The first kappa shape index (κ1) is 22.2. The van der Waals surface area contributed by atoms with E-state index in [2.05, 4.69) is 117 Å². The summed E-state index contributed by atoms with van der Waals surface area (Å²) in [6, 6.07) is 30.8. The molecule has 2 heteroatoms. The summed E-state index contributed by atoms with van der Waals surface area (Å²) in [5.41, 5.74) is 12.5. The van der Waals surface area contributed by atoms with Crippen LogP contribution in [0.4, 0.5) is 5.69 Å². The van der Waals surface area contributed by atoms with E-state index in [4.69, 9.17) is 4.98 Å². The zero-order chi connectivity index (χ0) is 23.5. The Balaban J connectivity index is 1.65. The molecule has 0 radical (unpaired) electrons. The van der Waals surface area contributed by atoms with Crippen LogP contribution in [0.25, 0.3) is 34.0 Å². The second kappa shape index (κ2) is 9.69. The Morgan fingerprint density at radius 2 is 1.56 bits per heavy atom. The number of anilines is 1. The second-order valence-corrected chi connectivity index (χ2v) is 9.31. The molecule has 0 atom stereocenters. The van der Waals surface area contributed by atoms with E-state index in [9.17, 15) is 0 Å². The van der Waals surface area contributed by atoms with E-state index in [1.807, 2.05) is 0 Å². The Morgan fingerprint density at radius 1 is 0.824 bits per heavy atom. The number of benzene rings is 3. The van der Waals surface area contributed by atoms with Crippen molar-refractivity contribution in [1.82, 2.24) is 4.98 Å². The first-order chi connectivity index (χ1) is 16.6. The number of fused-ring (bicyclic) bond motifs is 1. The SMILES string of the molecule is CCc1ccc(-c2cc(-c3ccccc3)c3c(n2)C(=Cc2ccc(N(C)C)cc2)CCC3)cc1. The molecule has 0 saturated carbocycles. The molecule has 0 unspecified atom stereocenters. The van der Waals surface area contributed by atoms with Gasteiger partial charge in [-0.2, -0.15) is 0 Å². The van der Waals surface area contributed by atoms with Gasteiger partial charge in [-0.25, -0.2) is 4.98 Å². The van der Waals surface area contributed by atoms with Crippen LogP contribution in [0, 0.1) is 0 Å². The number of pyridine rings is 1. The summed E-state index contributed by atoms with van der Waals surface area (Å²) in [7, 11) is 4.16. The summed E-state index contributed by atoms with van der Waals surface area (Å²) in [5, 5.41) is 0. The molecule has 0 amide bonds. The maximum Gasteiger partial charge on any atom is 0.0715 e. The Hall–Kier alpha value is -3.65. The lowest BCUT2D eigenvalue weighted by Gasteiger charge is -2.23. The van der Waals surface area contributed by atoms with Crippen LogP contribution in [0.3, 0.4) is 0 Å². The van der Waals surface area contributed by atoms with Gasteiger partial charge in [0.2, 0.25) is 0 Å². The van der Waals surface area contributed by atoms with Gasteiger partial charge in [0.1, 0.15) is 0 Å². The molecule has 1 heterocycles. The topological polar surface area (TPSA) is 16.1 Å². The third kappa shape index (κ3) is 4.54. The molecular weight excluding hydrogens is 412 g/mol. The van der Waals surface area contributed by atoms with Gasteiger partial charge < -0.3 is 4.90 Å². The maximum atomic E-state index is 5.27. The van der Waals surface area contributed by atoms with Gasteiger partial charge in [-0.05, 0) is 83.3 Å². The lowest BCUT2D eigenvalue weighted by atomic mass is 9.84. The average molecular weight is 445 g/mol. The highest BCUT2D eigenvalue weighted by Crippen LogP contribution is 2.39. The Kier molecular flexibility index (Phi) is 6.31. The average Bonchev–Trinajstić information content (AvgIpc) is 2.89. The molecule has 34 heavy (non-hydrogen) atoms. The molecule has 5 rings (SSSR count). The van der Waals surface area contributed by atoms with Gasteiger partial charge in [0.25, 0.3) is 0 Å². The van der Waals surface area contributed by atoms with Crippen molar-refractivity contribution in [2.75, 3.05) is 19.0 Å². The molecule has 2 nitrogen and oxygen atoms in total. The predicted octanol–water partition coefficient (Wildman–Crippen LogP) is 7.92. The molecule has 0 spiro atoms. The van der Waals surface area contributed by atoms with Crippen molar-refractivity contribution in [3.05, 3.63) is 107 Å². The van der Waals surface area contributed by atoms with Gasteiger partial charge in [0, 0.05) is 25.3 Å². The van der Waals surface area contributed by atoms with E-state index < -0.39 is 0 Å². The van der Waals surface area contributed by atoms with Crippen molar-refractivity contribution >= 4 is 17.3 Å². The molecule has 0 aliphatic heterocycles. The molecular formula is C32H32N2. The molecule has 1 aromatic heterocycles. The first-order valence-electron chi connectivity index (χ1n) is 12.3. The number of allylic oxidation sites excluding steroid dienone is 1. The summed E-state index contributed by atoms with van der Waals surface area (Å²) in [5.74, 6) is 0. The van der Waals surface area contributed by atoms with E-state index in [0.29, 0.717) is 0 Å². The third-order valence-electron chi connectivity index (χ3n) is 6.79. The molecule has 1 aliphatic rings. The smallest absolute Gasteiger partial charge is 0.0715 e. The molecule has 170 valence electrons. The summed E-state index contributed by atoms with van der Waals surface area (Å²) in [6.45, 7) is 2.20. The van der Waals surface area contributed by atoms with Crippen molar-refractivity contribution in [3.63, 3.8) is 0 Å². The van der Waals surface area contributed by atoms with Gasteiger partial charge in [-0.15, -0.1) is 0 Å². The number of hydrogen-bond donors (Lipinski definition) is 0. The Bertz CT molecular complexity index is 1300. The standard InChI is InChI=1S/C32H32N2/c1-4-23-13-17-26(18-14-23)31-22-30(25-9-6-5-7-10-25)29-12-8-11-27(32(29)33-31)21-24-15-19-28(20-16-24)34(2)3/h5-7,9-10,13-22H,4,8,11-12H2,1-3H3. The normalized spacial score (nSPS) is 14.1. The zero-order valence-corrected chi connectivity index (χ0v) is 20.4. The highest BCUT2D eigenvalue weighted by Gasteiger charge is 2.21. The van der Waals surface area contributed by atoms with Gasteiger partial charge in [-0.1, -0.05) is 73.7 Å². The number of nitrogens with zero attached hydrogens (tertiary/aromatic N) is 2. The number of rotatable bonds is 5. The lowest BCUT2D eigenvalue weighted by molar-refractivity contribution is 0.813. The Labute approximate surface area is 203 Å². The fraction of sp³-hybridized carbons (Fsp3) is 0.219. The number of hydrogen-bond acceptors (Lipinski definition) is 2. The Morgan fingerprint density at radius 3 is 2.24 bits per heavy atom. The lowest BCUT2D eigenvalue weighted by Crippen LogP contribution is -2.08. The van der Waals surface area contributed by atoms with Crippen LogP contribution >= 0.6 is 0 Å². The molecule has 3 aromatic carbocycles. The molecule has 0 saturated heterocycles. The quantitative estimate of drug-likeness (QED) is 0.311. The van der Waals surface area contributed by atoms with Crippen LogP contribution < -0.4 is 4.90 Å². The van der Waals surface area contributed by atoms with Crippen LogP contribution in [-0.4, -0.2) is 19.1 Å². The van der Waals surface area contributed by atoms with Crippen molar-refractivity contribution in [3.8, 4) is 22.4 Å². The third-order valence-corrected chi connectivity index (χ3v) is 6.79. The highest BCUT2D eigenvalue weighted by molar-refractivity contribution is 5.87. The highest BCUT2D eigenvalue weighted by atomic mass is 15.1. The summed E-state index contributed by atoms with van der Waals surface area (Å²) >= 11 is 0. The van der Waals surface area contributed by atoms with Crippen LogP contribution in [0.5, 0.6) is 0 Å². The van der Waals surface area contributed by atoms with Crippen LogP contribution in [0.1, 0.15) is 42.1 Å². The van der Waals surface area contributed by atoms with Gasteiger partial charge in [-0.3, -0.25) is 0 Å². The van der Waals surface area contributed by atoms with Gasteiger partial charge >= 0.3 is 0 Å². The summed E-state index contributed by atoms with van der Waals surface area (Å²) < 4.78 is 0. The second-order valence-electron chi connectivity index (χ2n) is 9.31. The first-order valence-corrected chi connectivity index (χ1v) is 12.3. The van der Waals surface area contributed by atoms with Gasteiger partial charge in [0.05, 0.1) is 11.4 Å². The molecule has 4 aromatic rings.